The van der Waals surface area contributed by atoms with E-state index in [1.54, 1.807) is 31.3 Å². The number of amides is 2. The molecule has 0 aromatic heterocycles. The van der Waals surface area contributed by atoms with Gasteiger partial charge in [0.1, 0.15) is 0 Å². The van der Waals surface area contributed by atoms with Crippen molar-refractivity contribution < 1.29 is 4.79 Å². The fourth-order valence-electron chi connectivity index (χ4n) is 0.961. The Hall–Kier alpha value is -1.66. The lowest BCUT2D eigenvalue weighted by molar-refractivity contribution is 0.227. The first-order valence-corrected chi connectivity index (χ1v) is 4.72. The molecule has 15 heavy (non-hydrogen) atoms. The van der Waals surface area contributed by atoms with E-state index < -0.39 is 0 Å². The zero-order chi connectivity index (χ0) is 11.3. The lowest BCUT2D eigenvalue weighted by atomic mass is 10.3. The SMILES string of the molecule is C#CCN(C)C(=O)Nc1ccc(Cl)cc1. The first-order chi connectivity index (χ1) is 7.13. The zero-order valence-corrected chi connectivity index (χ0v) is 9.08. The highest BCUT2D eigenvalue weighted by Gasteiger charge is 2.06. The number of hydrogen-bond acceptors (Lipinski definition) is 1. The second-order valence-corrected chi connectivity index (χ2v) is 3.43. The number of urea groups is 1. The van der Waals surface area contributed by atoms with E-state index in [1.165, 1.54) is 4.90 Å². The van der Waals surface area contributed by atoms with Crippen LogP contribution in [0.3, 0.4) is 0 Å². The standard InChI is InChI=1S/C11H11ClN2O/c1-3-8-14(2)11(15)13-10-6-4-9(12)5-7-10/h1,4-7H,8H2,2H3,(H,13,15). The maximum atomic E-state index is 11.5. The van der Waals surface area contributed by atoms with E-state index in [4.69, 9.17) is 18.0 Å². The van der Waals surface area contributed by atoms with Gasteiger partial charge in [0.15, 0.2) is 0 Å². The number of hydrogen-bond donors (Lipinski definition) is 1. The molecule has 78 valence electrons. The topological polar surface area (TPSA) is 32.3 Å². The molecule has 1 N–H and O–H groups in total. The number of carbonyl (C=O) groups is 1. The average Bonchev–Trinajstić information content (AvgIpc) is 2.22. The molecule has 0 aliphatic carbocycles. The maximum absolute atomic E-state index is 11.5. The van der Waals surface area contributed by atoms with Crippen LogP contribution >= 0.6 is 11.6 Å². The van der Waals surface area contributed by atoms with E-state index in [2.05, 4.69) is 11.2 Å². The van der Waals surface area contributed by atoms with Crippen LogP contribution in [0.25, 0.3) is 0 Å². The molecule has 3 nitrogen and oxygen atoms in total. The molecule has 0 radical (unpaired) electrons. The molecule has 0 saturated carbocycles. The van der Waals surface area contributed by atoms with Gasteiger partial charge in [-0.3, -0.25) is 0 Å². The first-order valence-electron chi connectivity index (χ1n) is 4.34. The van der Waals surface area contributed by atoms with Crippen LogP contribution in [0.4, 0.5) is 10.5 Å². The summed E-state index contributed by atoms with van der Waals surface area (Å²) in [6.07, 6.45) is 5.09. The Labute approximate surface area is 94.0 Å². The van der Waals surface area contributed by atoms with Crippen molar-refractivity contribution in [1.82, 2.24) is 4.90 Å². The highest BCUT2D eigenvalue weighted by molar-refractivity contribution is 6.30. The molecule has 0 aliphatic heterocycles. The number of rotatable bonds is 2. The van der Waals surface area contributed by atoms with E-state index in [0.717, 1.165) is 0 Å². The van der Waals surface area contributed by atoms with Gasteiger partial charge < -0.3 is 10.2 Å². The molecule has 0 heterocycles. The number of halogens is 1. The normalized spacial score (nSPS) is 9.13. The minimum atomic E-state index is -0.240. The van der Waals surface area contributed by atoms with Gasteiger partial charge in [0.2, 0.25) is 0 Å². The van der Waals surface area contributed by atoms with Gasteiger partial charge in [-0.15, -0.1) is 6.42 Å². The molecule has 2 amide bonds. The monoisotopic (exact) mass is 222 g/mol. The first kappa shape index (κ1) is 11.4. The van der Waals surface area contributed by atoms with Crippen molar-refractivity contribution in [2.75, 3.05) is 18.9 Å². The summed E-state index contributed by atoms with van der Waals surface area (Å²) in [4.78, 5) is 12.9. The largest absolute Gasteiger partial charge is 0.322 e. The summed E-state index contributed by atoms with van der Waals surface area (Å²) in [7, 11) is 1.63. The van der Waals surface area contributed by atoms with E-state index in [-0.39, 0.29) is 12.6 Å². The quantitative estimate of drug-likeness (QED) is 0.766. The Morgan fingerprint density at radius 1 is 1.53 bits per heavy atom. The number of nitrogens with one attached hydrogen (secondary N) is 1. The zero-order valence-electron chi connectivity index (χ0n) is 8.33. The van der Waals surface area contributed by atoms with E-state index in [9.17, 15) is 4.79 Å². The smallest absolute Gasteiger partial charge is 0.316 e. The number of nitrogens with zero attached hydrogens (tertiary/aromatic N) is 1. The molecular formula is C11H11ClN2O. The van der Waals surface area contributed by atoms with Crippen molar-refractivity contribution in [1.29, 1.82) is 0 Å². The Morgan fingerprint density at radius 2 is 2.13 bits per heavy atom. The second kappa shape index (κ2) is 5.28. The molecule has 0 atom stereocenters. The van der Waals surface area contributed by atoms with Crippen molar-refractivity contribution in [3.05, 3.63) is 29.3 Å². The highest BCUT2D eigenvalue weighted by atomic mass is 35.5. The van der Waals surface area contributed by atoms with Crippen LogP contribution in [0.15, 0.2) is 24.3 Å². The molecule has 0 saturated heterocycles. The maximum Gasteiger partial charge on any atom is 0.322 e. The molecular weight excluding hydrogens is 212 g/mol. The third-order valence-electron chi connectivity index (χ3n) is 1.77. The molecule has 0 unspecified atom stereocenters. The minimum absolute atomic E-state index is 0.240. The van der Waals surface area contributed by atoms with Gasteiger partial charge in [-0.05, 0) is 24.3 Å². The van der Waals surface area contributed by atoms with Crippen molar-refractivity contribution in [3.63, 3.8) is 0 Å². The number of carbonyl (C=O) groups excluding carboxylic acids is 1. The summed E-state index contributed by atoms with van der Waals surface area (Å²) in [6.45, 7) is 0.277. The van der Waals surface area contributed by atoms with Crippen LogP contribution in [0.1, 0.15) is 0 Å². The fourth-order valence-corrected chi connectivity index (χ4v) is 1.09. The van der Waals surface area contributed by atoms with Crippen molar-refractivity contribution in [2.45, 2.75) is 0 Å². The molecule has 0 fully saturated rings. The number of anilines is 1. The van der Waals surface area contributed by atoms with Gasteiger partial charge in [-0.2, -0.15) is 0 Å². The predicted molar refractivity (Wildman–Crippen MR) is 61.9 cm³/mol. The molecule has 1 rings (SSSR count). The third kappa shape index (κ3) is 3.53. The van der Waals surface area contributed by atoms with E-state index in [1.807, 2.05) is 0 Å². The van der Waals surface area contributed by atoms with Crippen LogP contribution < -0.4 is 5.32 Å². The summed E-state index contributed by atoms with van der Waals surface area (Å²) in [6, 6.07) is 6.63. The Morgan fingerprint density at radius 3 is 2.67 bits per heavy atom. The molecule has 1 aromatic rings. The summed E-state index contributed by atoms with van der Waals surface area (Å²) >= 11 is 5.71. The summed E-state index contributed by atoms with van der Waals surface area (Å²) in [5, 5.41) is 3.32. The third-order valence-corrected chi connectivity index (χ3v) is 2.02. The highest BCUT2D eigenvalue weighted by Crippen LogP contribution is 2.13. The fraction of sp³-hybridized carbons (Fsp3) is 0.182. The summed E-state index contributed by atoms with van der Waals surface area (Å²) in [5.41, 5.74) is 0.688. The molecule has 1 aromatic carbocycles. The summed E-state index contributed by atoms with van der Waals surface area (Å²) < 4.78 is 0. The second-order valence-electron chi connectivity index (χ2n) is 3.00. The lowest BCUT2D eigenvalue weighted by Crippen LogP contribution is -2.31. The van der Waals surface area contributed by atoms with Gasteiger partial charge >= 0.3 is 6.03 Å². The average molecular weight is 223 g/mol. The van der Waals surface area contributed by atoms with Crippen LogP contribution in [0, 0.1) is 12.3 Å². The molecule has 4 heteroatoms. The summed E-state index contributed by atoms with van der Waals surface area (Å²) in [5.74, 6) is 2.39. The number of terminal acetylenes is 1. The molecule has 0 bridgehead atoms. The van der Waals surface area contributed by atoms with E-state index >= 15 is 0 Å². The van der Waals surface area contributed by atoms with Crippen molar-refractivity contribution in [2.24, 2.45) is 0 Å². The lowest BCUT2D eigenvalue weighted by Gasteiger charge is -2.14. The van der Waals surface area contributed by atoms with Crippen LogP contribution in [0.5, 0.6) is 0 Å². The minimum Gasteiger partial charge on any atom is -0.316 e. The molecule has 0 aliphatic rings. The van der Waals surface area contributed by atoms with Crippen molar-refractivity contribution in [3.8, 4) is 12.3 Å². The Kier molecular flexibility index (Phi) is 4.02. The van der Waals surface area contributed by atoms with Crippen LogP contribution in [-0.2, 0) is 0 Å². The van der Waals surface area contributed by atoms with Gasteiger partial charge in [-0.1, -0.05) is 17.5 Å². The van der Waals surface area contributed by atoms with Crippen LogP contribution in [0.2, 0.25) is 5.02 Å². The van der Waals surface area contributed by atoms with Gasteiger partial charge in [-0.25, -0.2) is 4.79 Å². The van der Waals surface area contributed by atoms with Crippen LogP contribution in [-0.4, -0.2) is 24.5 Å². The van der Waals surface area contributed by atoms with Gasteiger partial charge in [0.25, 0.3) is 0 Å². The van der Waals surface area contributed by atoms with Gasteiger partial charge in [0.05, 0.1) is 6.54 Å². The van der Waals surface area contributed by atoms with E-state index in [0.29, 0.717) is 10.7 Å². The number of benzene rings is 1. The Balaban J connectivity index is 2.59. The predicted octanol–water partition coefficient (Wildman–Crippen LogP) is 2.44. The Bertz CT molecular complexity index is 381. The van der Waals surface area contributed by atoms with Gasteiger partial charge in [0, 0.05) is 17.8 Å². The van der Waals surface area contributed by atoms with Crippen molar-refractivity contribution >= 4 is 23.3 Å². The molecule has 0 spiro atoms.